The van der Waals surface area contributed by atoms with E-state index in [1.165, 1.54) is 24.3 Å². The first-order chi connectivity index (χ1) is 15.3. The Labute approximate surface area is 185 Å². The van der Waals surface area contributed by atoms with Gasteiger partial charge in [-0.15, -0.1) is 0 Å². The van der Waals surface area contributed by atoms with Crippen LogP contribution in [0.2, 0.25) is 0 Å². The van der Waals surface area contributed by atoms with E-state index in [-0.39, 0.29) is 16.7 Å². The van der Waals surface area contributed by atoms with Crippen LogP contribution in [0.15, 0.2) is 79.0 Å². The molecule has 0 fully saturated rings. The molecule has 0 bridgehead atoms. The van der Waals surface area contributed by atoms with Crippen LogP contribution in [0.5, 0.6) is 0 Å². The van der Waals surface area contributed by atoms with Crippen molar-refractivity contribution in [1.29, 1.82) is 0 Å². The highest BCUT2D eigenvalue weighted by Gasteiger charge is 2.47. The van der Waals surface area contributed by atoms with Gasteiger partial charge in [-0.1, -0.05) is 48.5 Å². The fourth-order valence-electron chi connectivity index (χ4n) is 3.84. The number of pyridine rings is 1. The normalized spacial score (nSPS) is 15.3. The molecule has 162 valence electrons. The van der Waals surface area contributed by atoms with Crippen molar-refractivity contribution >= 4 is 17.7 Å². The zero-order valence-electron chi connectivity index (χ0n) is 17.7. The Morgan fingerprint density at radius 3 is 2.03 bits per heavy atom. The summed E-state index contributed by atoms with van der Waals surface area (Å²) in [7, 11) is 0. The second-order valence-corrected chi connectivity index (χ2v) is 8.11. The van der Waals surface area contributed by atoms with Crippen LogP contribution in [0, 0.1) is 0 Å². The van der Waals surface area contributed by atoms with Gasteiger partial charge >= 0.3 is 0 Å². The first kappa shape index (κ1) is 21.4. The average Bonchev–Trinajstić information content (AvgIpc) is 3.05. The molecule has 6 nitrogen and oxygen atoms in total. The highest BCUT2D eigenvalue weighted by atomic mass is 19.1. The van der Waals surface area contributed by atoms with Crippen LogP contribution in [0.4, 0.5) is 4.39 Å². The Bertz CT molecular complexity index is 1130. The number of halogens is 1. The van der Waals surface area contributed by atoms with Gasteiger partial charge in [0, 0.05) is 6.20 Å². The third kappa shape index (κ3) is 3.77. The summed E-state index contributed by atoms with van der Waals surface area (Å²) in [6, 6.07) is 17.8. The van der Waals surface area contributed by atoms with Crippen molar-refractivity contribution in [3.8, 4) is 0 Å². The van der Waals surface area contributed by atoms with Crippen molar-refractivity contribution in [2.75, 3.05) is 0 Å². The molecule has 3 aromatic rings. The van der Waals surface area contributed by atoms with Crippen molar-refractivity contribution in [2.24, 2.45) is 0 Å². The zero-order valence-corrected chi connectivity index (χ0v) is 17.7. The van der Waals surface area contributed by atoms with Crippen molar-refractivity contribution in [3.05, 3.63) is 101 Å². The molecule has 0 saturated heterocycles. The monoisotopic (exact) mass is 431 g/mol. The van der Waals surface area contributed by atoms with Crippen molar-refractivity contribution in [1.82, 2.24) is 15.2 Å². The molecule has 7 heteroatoms. The molecule has 0 radical (unpaired) electrons. The number of imide groups is 1. The van der Waals surface area contributed by atoms with Gasteiger partial charge in [-0.2, -0.15) is 0 Å². The van der Waals surface area contributed by atoms with Crippen LogP contribution in [0.25, 0.3) is 0 Å². The summed E-state index contributed by atoms with van der Waals surface area (Å²) in [5.74, 6) is -2.17. The van der Waals surface area contributed by atoms with Crippen molar-refractivity contribution in [3.63, 3.8) is 0 Å². The lowest BCUT2D eigenvalue weighted by Crippen LogP contribution is -2.55. The molecule has 1 aliphatic rings. The van der Waals surface area contributed by atoms with E-state index in [0.29, 0.717) is 5.69 Å². The van der Waals surface area contributed by atoms with E-state index in [0.717, 1.165) is 4.90 Å². The van der Waals surface area contributed by atoms with Crippen LogP contribution in [-0.4, -0.2) is 33.6 Å². The Morgan fingerprint density at radius 1 is 0.906 bits per heavy atom. The molecule has 4 rings (SSSR count). The van der Waals surface area contributed by atoms with Gasteiger partial charge in [-0.25, -0.2) is 4.39 Å². The highest BCUT2D eigenvalue weighted by molar-refractivity contribution is 6.23. The largest absolute Gasteiger partial charge is 0.344 e. The number of nitrogens with zero attached hydrogens (tertiary/aromatic N) is 2. The second-order valence-electron chi connectivity index (χ2n) is 8.11. The molecular formula is C25H22FN3O3. The minimum absolute atomic E-state index is 0.152. The standard InChI is InChI=1S/C25H22FN3O3/c1-25(2,19-14-8-9-15-27-19)28-22(30)21(20(26)16-10-4-3-5-11-16)29-23(31)17-12-6-7-13-18(17)24(29)32/h3-15,20-21H,1-2H3,(H,28,30)/t20-,21-/m0/s1. The minimum Gasteiger partial charge on any atom is -0.344 e. The van der Waals surface area contributed by atoms with Crippen LogP contribution >= 0.6 is 0 Å². The van der Waals surface area contributed by atoms with Crippen molar-refractivity contribution < 1.29 is 18.8 Å². The summed E-state index contributed by atoms with van der Waals surface area (Å²) in [4.78, 5) is 44.6. The Morgan fingerprint density at radius 2 is 1.47 bits per heavy atom. The molecule has 1 aromatic heterocycles. The molecule has 0 aliphatic carbocycles. The van der Waals surface area contributed by atoms with E-state index in [2.05, 4.69) is 10.3 Å². The molecule has 2 atom stereocenters. The van der Waals surface area contributed by atoms with Gasteiger partial charge in [0.1, 0.15) is 0 Å². The number of rotatable bonds is 6. The lowest BCUT2D eigenvalue weighted by molar-refractivity contribution is -0.129. The molecule has 1 aliphatic heterocycles. The molecule has 2 aromatic carbocycles. The predicted octanol–water partition coefficient (Wildman–Crippen LogP) is 3.81. The maximum atomic E-state index is 15.8. The summed E-state index contributed by atoms with van der Waals surface area (Å²) in [5, 5.41) is 2.78. The summed E-state index contributed by atoms with van der Waals surface area (Å²) in [6.45, 7) is 3.45. The molecule has 1 N–H and O–H groups in total. The number of benzene rings is 2. The minimum atomic E-state index is -1.92. The Balaban J connectivity index is 1.73. The molecule has 2 heterocycles. The first-order valence-corrected chi connectivity index (χ1v) is 10.2. The highest BCUT2D eigenvalue weighted by Crippen LogP contribution is 2.33. The van der Waals surface area contributed by atoms with Crippen molar-refractivity contribution in [2.45, 2.75) is 31.6 Å². The third-order valence-electron chi connectivity index (χ3n) is 5.51. The number of carbonyl (C=O) groups excluding carboxylic acids is 3. The number of hydrogen-bond donors (Lipinski definition) is 1. The first-order valence-electron chi connectivity index (χ1n) is 10.2. The summed E-state index contributed by atoms with van der Waals surface area (Å²) in [5.41, 5.74) is 0.0922. The molecular weight excluding hydrogens is 409 g/mol. The molecule has 3 amide bonds. The average molecular weight is 431 g/mol. The third-order valence-corrected chi connectivity index (χ3v) is 5.51. The maximum absolute atomic E-state index is 15.8. The molecule has 0 unspecified atom stereocenters. The fourth-order valence-corrected chi connectivity index (χ4v) is 3.84. The predicted molar refractivity (Wildman–Crippen MR) is 116 cm³/mol. The van der Waals surface area contributed by atoms with E-state index in [1.54, 1.807) is 68.6 Å². The van der Waals surface area contributed by atoms with E-state index in [9.17, 15) is 14.4 Å². The maximum Gasteiger partial charge on any atom is 0.262 e. The fraction of sp³-hybridized carbons (Fsp3) is 0.200. The smallest absolute Gasteiger partial charge is 0.262 e. The number of hydrogen-bond acceptors (Lipinski definition) is 4. The van der Waals surface area contributed by atoms with Crippen LogP contribution in [0.3, 0.4) is 0 Å². The van der Waals surface area contributed by atoms with E-state index in [4.69, 9.17) is 0 Å². The summed E-state index contributed by atoms with van der Waals surface area (Å²) < 4.78 is 15.8. The van der Waals surface area contributed by atoms with Gasteiger partial charge in [0.2, 0.25) is 5.91 Å². The van der Waals surface area contributed by atoms with Gasteiger partial charge in [0.05, 0.1) is 22.4 Å². The lowest BCUT2D eigenvalue weighted by atomic mass is 9.96. The molecule has 0 saturated carbocycles. The zero-order chi connectivity index (χ0) is 22.9. The Hall–Kier alpha value is -3.87. The van der Waals surface area contributed by atoms with E-state index >= 15 is 4.39 Å². The molecule has 32 heavy (non-hydrogen) atoms. The van der Waals surface area contributed by atoms with E-state index < -0.39 is 35.5 Å². The number of aromatic nitrogens is 1. The SMILES string of the molecule is CC(C)(NC(=O)[C@H]([C@@H](F)c1ccccc1)N1C(=O)c2ccccc2C1=O)c1ccccn1. The lowest BCUT2D eigenvalue weighted by Gasteiger charge is -2.33. The number of amides is 3. The number of carbonyl (C=O) groups is 3. The van der Waals surface area contributed by atoms with Gasteiger partial charge in [-0.05, 0) is 43.7 Å². The van der Waals surface area contributed by atoms with Gasteiger partial charge in [0.15, 0.2) is 12.2 Å². The summed E-state index contributed by atoms with van der Waals surface area (Å²) >= 11 is 0. The number of fused-ring (bicyclic) bond motifs is 1. The number of nitrogens with one attached hydrogen (secondary N) is 1. The van der Waals surface area contributed by atoms with Crippen LogP contribution in [0.1, 0.15) is 52.0 Å². The van der Waals surface area contributed by atoms with Gasteiger partial charge < -0.3 is 5.32 Å². The van der Waals surface area contributed by atoms with Crippen LogP contribution < -0.4 is 5.32 Å². The van der Waals surface area contributed by atoms with Gasteiger partial charge in [0.25, 0.3) is 11.8 Å². The van der Waals surface area contributed by atoms with Gasteiger partial charge in [-0.3, -0.25) is 24.3 Å². The second kappa shape index (κ2) is 8.34. The quantitative estimate of drug-likeness (QED) is 0.602. The molecule has 0 spiro atoms. The van der Waals surface area contributed by atoms with Crippen LogP contribution in [-0.2, 0) is 10.3 Å². The topological polar surface area (TPSA) is 79.4 Å². The number of alkyl halides is 1. The Kier molecular flexibility index (Phi) is 5.57. The van der Waals surface area contributed by atoms with E-state index in [1.807, 2.05) is 0 Å². The summed E-state index contributed by atoms with van der Waals surface area (Å²) in [6.07, 6.45) is -0.328.